The Morgan fingerprint density at radius 1 is 1.20 bits per heavy atom. The maximum absolute atomic E-state index is 13.9. The van der Waals surface area contributed by atoms with Crippen LogP contribution in [0.15, 0.2) is 48.5 Å². The van der Waals surface area contributed by atoms with Crippen molar-refractivity contribution in [1.82, 2.24) is 9.88 Å². The average molecular weight is 356 g/mol. The minimum atomic E-state index is -0.796. The summed E-state index contributed by atoms with van der Waals surface area (Å²) < 4.78 is 15.1. The molecule has 0 amide bonds. The number of aromatic nitrogens is 1. The second-order valence-corrected chi connectivity index (χ2v) is 7.72. The van der Waals surface area contributed by atoms with E-state index in [1.165, 1.54) is 15.8 Å². The predicted octanol–water partition coefficient (Wildman–Crippen LogP) is 4.35. The van der Waals surface area contributed by atoms with E-state index >= 15 is 0 Å². The Labute approximate surface area is 150 Å². The summed E-state index contributed by atoms with van der Waals surface area (Å²) in [4.78, 5) is 7.03. The zero-order chi connectivity index (χ0) is 17.2. The van der Waals surface area contributed by atoms with E-state index in [9.17, 15) is 9.50 Å². The molecule has 5 heteroatoms. The van der Waals surface area contributed by atoms with Crippen LogP contribution in [0.3, 0.4) is 0 Å². The van der Waals surface area contributed by atoms with Crippen LogP contribution in [0, 0.1) is 5.82 Å². The van der Waals surface area contributed by atoms with Crippen molar-refractivity contribution in [2.75, 3.05) is 19.6 Å². The first-order chi connectivity index (χ1) is 12.2. The lowest BCUT2D eigenvalue weighted by atomic mass is 9.97. The van der Waals surface area contributed by atoms with Crippen molar-refractivity contribution in [3.63, 3.8) is 0 Å². The van der Waals surface area contributed by atoms with Crippen LogP contribution in [0.5, 0.6) is 0 Å². The number of piperidine rings is 1. The van der Waals surface area contributed by atoms with E-state index in [4.69, 9.17) is 4.98 Å². The van der Waals surface area contributed by atoms with E-state index in [1.807, 2.05) is 12.1 Å². The molecule has 25 heavy (non-hydrogen) atoms. The van der Waals surface area contributed by atoms with Gasteiger partial charge < -0.3 is 5.11 Å². The summed E-state index contributed by atoms with van der Waals surface area (Å²) in [6.07, 6.45) is 1.40. The Morgan fingerprint density at radius 2 is 2.00 bits per heavy atom. The molecular weight excluding hydrogens is 335 g/mol. The highest BCUT2D eigenvalue weighted by Gasteiger charge is 2.26. The van der Waals surface area contributed by atoms with Gasteiger partial charge in [-0.3, -0.25) is 4.90 Å². The topological polar surface area (TPSA) is 36.4 Å². The van der Waals surface area contributed by atoms with Crippen LogP contribution in [-0.4, -0.2) is 34.6 Å². The van der Waals surface area contributed by atoms with E-state index < -0.39 is 6.10 Å². The first kappa shape index (κ1) is 16.6. The second kappa shape index (κ2) is 7.20. The van der Waals surface area contributed by atoms with Gasteiger partial charge in [0.25, 0.3) is 0 Å². The number of likely N-dealkylation sites (tertiary alicyclic amines) is 1. The molecule has 0 aliphatic carbocycles. The molecule has 2 heterocycles. The van der Waals surface area contributed by atoms with Crippen LogP contribution in [-0.2, 0) is 0 Å². The third-order valence-corrected chi connectivity index (χ3v) is 6.06. The number of halogens is 1. The van der Waals surface area contributed by atoms with Crippen LogP contribution >= 0.6 is 11.3 Å². The third kappa shape index (κ3) is 3.59. The lowest BCUT2D eigenvalue weighted by Gasteiger charge is -2.33. The maximum atomic E-state index is 13.9. The van der Waals surface area contributed by atoms with E-state index in [2.05, 4.69) is 17.0 Å². The number of nitrogens with zero attached hydrogens (tertiary/aromatic N) is 2. The molecule has 1 saturated heterocycles. The number of hydrogen-bond acceptors (Lipinski definition) is 4. The highest BCUT2D eigenvalue weighted by Crippen LogP contribution is 2.33. The number of aliphatic hydroxyl groups excluding tert-OH is 1. The molecule has 0 radical (unpaired) electrons. The molecule has 0 saturated carbocycles. The maximum Gasteiger partial charge on any atom is 0.129 e. The average Bonchev–Trinajstić information content (AvgIpc) is 3.06. The monoisotopic (exact) mass is 356 g/mol. The Bertz CT molecular complexity index is 833. The molecule has 3 nitrogen and oxygen atoms in total. The Balaban J connectivity index is 1.46. The number of thiazole rings is 1. The predicted molar refractivity (Wildman–Crippen MR) is 99.4 cm³/mol. The minimum absolute atomic E-state index is 0.338. The fourth-order valence-electron chi connectivity index (χ4n) is 3.58. The van der Waals surface area contributed by atoms with Crippen molar-refractivity contribution in [3.05, 3.63) is 64.9 Å². The van der Waals surface area contributed by atoms with Gasteiger partial charge in [0.1, 0.15) is 5.82 Å². The molecule has 4 rings (SSSR count). The summed E-state index contributed by atoms with van der Waals surface area (Å²) >= 11 is 1.76. The van der Waals surface area contributed by atoms with E-state index in [0.717, 1.165) is 31.4 Å². The fourth-order valence-corrected chi connectivity index (χ4v) is 4.67. The second-order valence-electron chi connectivity index (χ2n) is 6.66. The van der Waals surface area contributed by atoms with Gasteiger partial charge in [0.15, 0.2) is 0 Å². The van der Waals surface area contributed by atoms with Gasteiger partial charge in [0.2, 0.25) is 0 Å². The molecule has 130 valence electrons. The highest BCUT2D eigenvalue weighted by atomic mass is 32.1. The number of hydrogen-bond donors (Lipinski definition) is 1. The van der Waals surface area contributed by atoms with Crippen LogP contribution in [0.25, 0.3) is 10.2 Å². The molecular formula is C20H21FN2OS. The molecule has 0 spiro atoms. The van der Waals surface area contributed by atoms with Gasteiger partial charge >= 0.3 is 0 Å². The zero-order valence-corrected chi connectivity index (χ0v) is 14.8. The Kier molecular flexibility index (Phi) is 4.79. The minimum Gasteiger partial charge on any atom is -0.387 e. The first-order valence-electron chi connectivity index (χ1n) is 8.71. The van der Waals surface area contributed by atoms with Crippen molar-refractivity contribution < 1.29 is 9.50 Å². The van der Waals surface area contributed by atoms with Crippen molar-refractivity contribution >= 4 is 21.6 Å². The number of benzene rings is 2. The zero-order valence-electron chi connectivity index (χ0n) is 13.9. The molecule has 1 fully saturated rings. The lowest BCUT2D eigenvalue weighted by molar-refractivity contribution is 0.0930. The molecule has 1 N–H and O–H groups in total. The lowest BCUT2D eigenvalue weighted by Crippen LogP contribution is -2.37. The molecule has 1 aliphatic rings. The standard InChI is InChI=1S/C20H21FN2OS/c21-16-8-2-1-7-15(16)18(24)13-23-11-5-6-14(12-23)20-22-17-9-3-4-10-19(17)25-20/h1-4,7-10,14,18,24H,5-6,11-13H2/t14-,18-/m0/s1. The van der Waals surface area contributed by atoms with Gasteiger partial charge in [-0.25, -0.2) is 9.37 Å². The van der Waals surface area contributed by atoms with Crippen molar-refractivity contribution in [3.8, 4) is 0 Å². The summed E-state index contributed by atoms with van der Waals surface area (Å²) in [7, 11) is 0. The van der Waals surface area contributed by atoms with Gasteiger partial charge in [0.05, 0.1) is 21.3 Å². The smallest absolute Gasteiger partial charge is 0.129 e. The molecule has 3 aromatic rings. The summed E-state index contributed by atoms with van der Waals surface area (Å²) in [6.45, 7) is 2.26. The van der Waals surface area contributed by atoms with E-state index in [-0.39, 0.29) is 5.82 Å². The van der Waals surface area contributed by atoms with Crippen LogP contribution < -0.4 is 0 Å². The summed E-state index contributed by atoms with van der Waals surface area (Å²) in [5.41, 5.74) is 1.44. The number of rotatable bonds is 4. The Morgan fingerprint density at radius 3 is 2.84 bits per heavy atom. The van der Waals surface area contributed by atoms with Gasteiger partial charge in [-0.15, -0.1) is 11.3 Å². The van der Waals surface area contributed by atoms with Crippen molar-refractivity contribution in [2.24, 2.45) is 0 Å². The van der Waals surface area contributed by atoms with Crippen LogP contribution in [0.2, 0.25) is 0 Å². The fraction of sp³-hybridized carbons (Fsp3) is 0.350. The molecule has 1 aliphatic heterocycles. The summed E-state index contributed by atoms with van der Waals surface area (Å²) in [5, 5.41) is 11.6. The van der Waals surface area contributed by atoms with Gasteiger partial charge in [-0.1, -0.05) is 30.3 Å². The van der Waals surface area contributed by atoms with Gasteiger partial charge in [-0.2, -0.15) is 0 Å². The van der Waals surface area contributed by atoms with Crippen molar-refractivity contribution in [1.29, 1.82) is 0 Å². The van der Waals surface area contributed by atoms with Crippen LogP contribution in [0.1, 0.15) is 35.4 Å². The van der Waals surface area contributed by atoms with Gasteiger partial charge in [-0.05, 0) is 37.6 Å². The third-order valence-electron chi connectivity index (χ3n) is 4.86. The van der Waals surface area contributed by atoms with Gasteiger partial charge in [0, 0.05) is 24.6 Å². The number of aliphatic hydroxyl groups is 1. The van der Waals surface area contributed by atoms with E-state index in [1.54, 1.807) is 29.5 Å². The highest BCUT2D eigenvalue weighted by molar-refractivity contribution is 7.18. The Hall–Kier alpha value is -1.82. The number of β-amino-alcohol motifs (C(OH)–C–C–N with tert-alkyl or cyclic N) is 1. The van der Waals surface area contributed by atoms with E-state index in [0.29, 0.717) is 18.0 Å². The van der Waals surface area contributed by atoms with Crippen molar-refractivity contribution in [2.45, 2.75) is 24.9 Å². The first-order valence-corrected chi connectivity index (χ1v) is 9.52. The molecule has 0 unspecified atom stereocenters. The molecule has 1 aromatic heterocycles. The molecule has 2 aromatic carbocycles. The summed E-state index contributed by atoms with van der Waals surface area (Å²) in [6, 6.07) is 14.7. The number of fused-ring (bicyclic) bond motifs is 1. The SMILES string of the molecule is O[C@@H](CN1CCC[C@H](c2nc3ccccc3s2)C1)c1ccccc1F. The normalized spacial score (nSPS) is 20.0. The number of para-hydroxylation sites is 1. The molecule has 0 bridgehead atoms. The summed E-state index contributed by atoms with van der Waals surface area (Å²) in [5.74, 6) is 0.0497. The quantitative estimate of drug-likeness (QED) is 0.755. The molecule has 2 atom stereocenters. The largest absolute Gasteiger partial charge is 0.387 e. The van der Waals surface area contributed by atoms with Crippen LogP contribution in [0.4, 0.5) is 4.39 Å².